The molecule has 2 fully saturated rings. The van der Waals surface area contributed by atoms with Gasteiger partial charge in [-0.1, -0.05) is 23.7 Å². The summed E-state index contributed by atoms with van der Waals surface area (Å²) in [6.45, 7) is 1.68. The second-order valence-corrected chi connectivity index (χ2v) is 5.86. The van der Waals surface area contributed by atoms with E-state index in [0.717, 1.165) is 25.9 Å². The molecule has 1 aliphatic heterocycles. The Bertz CT molecular complexity index is 540. The Kier molecular flexibility index (Phi) is 3.66. The third-order valence-electron chi connectivity index (χ3n) is 3.99. The van der Waals surface area contributed by atoms with Gasteiger partial charge >= 0.3 is 0 Å². The second kappa shape index (κ2) is 5.44. The molecule has 0 radical (unpaired) electrons. The lowest BCUT2D eigenvalue weighted by Crippen LogP contribution is -2.30. The van der Waals surface area contributed by atoms with Crippen LogP contribution >= 0.6 is 11.6 Å². The lowest BCUT2D eigenvalue weighted by molar-refractivity contribution is -0.133. The van der Waals surface area contributed by atoms with Gasteiger partial charge in [-0.25, -0.2) is 0 Å². The SMILES string of the molecule is O=C(Nc1ccccc1Cl)C1CC1C(=O)N1CCCC1. The van der Waals surface area contributed by atoms with Crippen LogP contribution in [0.25, 0.3) is 0 Å². The van der Waals surface area contributed by atoms with Crippen molar-refractivity contribution in [2.75, 3.05) is 18.4 Å². The Morgan fingerprint density at radius 3 is 2.55 bits per heavy atom. The highest BCUT2D eigenvalue weighted by atomic mass is 35.5. The maximum atomic E-state index is 12.2. The van der Waals surface area contributed by atoms with Gasteiger partial charge in [-0.15, -0.1) is 0 Å². The van der Waals surface area contributed by atoms with Crippen molar-refractivity contribution in [1.82, 2.24) is 4.90 Å². The van der Waals surface area contributed by atoms with E-state index < -0.39 is 0 Å². The van der Waals surface area contributed by atoms with Gasteiger partial charge in [0.15, 0.2) is 0 Å². The monoisotopic (exact) mass is 292 g/mol. The van der Waals surface area contributed by atoms with Gasteiger partial charge in [0.1, 0.15) is 0 Å². The molecule has 106 valence electrons. The highest BCUT2D eigenvalue weighted by Crippen LogP contribution is 2.41. The Morgan fingerprint density at radius 2 is 1.85 bits per heavy atom. The molecular formula is C15H17ClN2O2. The number of anilines is 1. The number of amides is 2. The van der Waals surface area contributed by atoms with Gasteiger partial charge in [0.2, 0.25) is 11.8 Å². The molecule has 1 aromatic rings. The predicted octanol–water partition coefficient (Wildman–Crippen LogP) is 2.54. The van der Waals surface area contributed by atoms with Crippen LogP contribution in [0, 0.1) is 11.8 Å². The molecule has 1 N–H and O–H groups in total. The van der Waals surface area contributed by atoms with Crippen molar-refractivity contribution in [3.63, 3.8) is 0 Å². The lowest BCUT2D eigenvalue weighted by Gasteiger charge is -2.14. The van der Waals surface area contributed by atoms with Gasteiger partial charge in [-0.2, -0.15) is 0 Å². The summed E-state index contributed by atoms with van der Waals surface area (Å²) in [6, 6.07) is 7.13. The number of hydrogen-bond donors (Lipinski definition) is 1. The molecule has 3 rings (SSSR count). The maximum absolute atomic E-state index is 12.2. The number of hydrogen-bond acceptors (Lipinski definition) is 2. The minimum atomic E-state index is -0.195. The third kappa shape index (κ3) is 2.66. The fourth-order valence-electron chi connectivity index (χ4n) is 2.72. The van der Waals surface area contributed by atoms with Crippen molar-refractivity contribution in [3.8, 4) is 0 Å². The van der Waals surface area contributed by atoms with E-state index in [-0.39, 0.29) is 23.7 Å². The zero-order valence-electron chi connectivity index (χ0n) is 11.1. The van der Waals surface area contributed by atoms with Crippen LogP contribution in [0.5, 0.6) is 0 Å². The second-order valence-electron chi connectivity index (χ2n) is 5.45. The van der Waals surface area contributed by atoms with Crippen LogP contribution in [0.15, 0.2) is 24.3 Å². The van der Waals surface area contributed by atoms with Crippen LogP contribution in [0.2, 0.25) is 5.02 Å². The van der Waals surface area contributed by atoms with Crippen molar-refractivity contribution < 1.29 is 9.59 Å². The van der Waals surface area contributed by atoms with Crippen molar-refractivity contribution >= 4 is 29.1 Å². The van der Waals surface area contributed by atoms with Gasteiger partial charge in [-0.3, -0.25) is 9.59 Å². The predicted molar refractivity (Wildman–Crippen MR) is 77.5 cm³/mol. The summed E-state index contributed by atoms with van der Waals surface area (Å²) < 4.78 is 0. The van der Waals surface area contributed by atoms with E-state index >= 15 is 0 Å². The number of carbonyl (C=O) groups excluding carboxylic acids is 2. The molecule has 1 saturated heterocycles. The van der Waals surface area contributed by atoms with Crippen LogP contribution in [-0.4, -0.2) is 29.8 Å². The number of carbonyl (C=O) groups is 2. The molecule has 0 bridgehead atoms. The lowest BCUT2D eigenvalue weighted by atomic mass is 10.2. The first-order valence-corrected chi connectivity index (χ1v) is 7.39. The van der Waals surface area contributed by atoms with Crippen molar-refractivity contribution in [2.24, 2.45) is 11.8 Å². The first kappa shape index (κ1) is 13.4. The first-order chi connectivity index (χ1) is 9.66. The zero-order valence-corrected chi connectivity index (χ0v) is 11.9. The quantitative estimate of drug-likeness (QED) is 0.931. The Balaban J connectivity index is 1.57. The molecule has 2 atom stereocenters. The number of nitrogens with zero attached hydrogens (tertiary/aromatic N) is 1. The third-order valence-corrected chi connectivity index (χ3v) is 4.32. The van der Waals surface area contributed by atoms with E-state index in [2.05, 4.69) is 5.32 Å². The van der Waals surface area contributed by atoms with Crippen LogP contribution < -0.4 is 5.32 Å². The number of halogens is 1. The average molecular weight is 293 g/mol. The van der Waals surface area contributed by atoms with Gasteiger partial charge in [0, 0.05) is 13.1 Å². The summed E-state index contributed by atoms with van der Waals surface area (Å²) in [4.78, 5) is 26.2. The fraction of sp³-hybridized carbons (Fsp3) is 0.467. The maximum Gasteiger partial charge on any atom is 0.228 e. The summed E-state index contributed by atoms with van der Waals surface area (Å²) in [7, 11) is 0. The van der Waals surface area contributed by atoms with Gasteiger partial charge in [0.25, 0.3) is 0 Å². The van der Waals surface area contributed by atoms with Crippen molar-refractivity contribution in [2.45, 2.75) is 19.3 Å². The minimum Gasteiger partial charge on any atom is -0.342 e. The van der Waals surface area contributed by atoms with Crippen molar-refractivity contribution in [3.05, 3.63) is 29.3 Å². The number of benzene rings is 1. The number of rotatable bonds is 3. The van der Waals surface area contributed by atoms with E-state index in [1.807, 2.05) is 17.0 Å². The Labute approximate surface area is 123 Å². The number of para-hydroxylation sites is 1. The summed E-state index contributed by atoms with van der Waals surface area (Å²) in [6.07, 6.45) is 2.81. The molecular weight excluding hydrogens is 276 g/mol. The van der Waals surface area contributed by atoms with E-state index in [0.29, 0.717) is 17.1 Å². The van der Waals surface area contributed by atoms with Crippen LogP contribution in [0.3, 0.4) is 0 Å². The van der Waals surface area contributed by atoms with Crippen LogP contribution in [-0.2, 0) is 9.59 Å². The summed E-state index contributed by atoms with van der Waals surface area (Å²) in [5.74, 6) is -0.285. The first-order valence-electron chi connectivity index (χ1n) is 7.01. The topological polar surface area (TPSA) is 49.4 Å². The molecule has 1 aromatic carbocycles. The Morgan fingerprint density at radius 1 is 1.15 bits per heavy atom. The summed E-state index contributed by atoms with van der Waals surface area (Å²) in [5, 5.41) is 3.32. The van der Waals surface area contributed by atoms with Gasteiger partial charge < -0.3 is 10.2 Å². The standard InChI is InChI=1S/C15H17ClN2O2/c16-12-5-1-2-6-13(12)17-14(19)10-9-11(10)15(20)18-7-3-4-8-18/h1-2,5-6,10-11H,3-4,7-9H2,(H,17,19). The molecule has 2 unspecified atom stereocenters. The molecule has 2 amide bonds. The molecule has 1 aliphatic carbocycles. The molecule has 0 spiro atoms. The Hall–Kier alpha value is -1.55. The molecule has 0 aromatic heterocycles. The fourth-order valence-corrected chi connectivity index (χ4v) is 2.90. The van der Waals surface area contributed by atoms with Gasteiger partial charge in [0.05, 0.1) is 22.5 Å². The van der Waals surface area contributed by atoms with E-state index in [1.54, 1.807) is 12.1 Å². The van der Waals surface area contributed by atoms with Gasteiger partial charge in [-0.05, 0) is 31.4 Å². The number of likely N-dealkylation sites (tertiary alicyclic amines) is 1. The van der Waals surface area contributed by atoms with E-state index in [9.17, 15) is 9.59 Å². The van der Waals surface area contributed by atoms with E-state index in [1.165, 1.54) is 0 Å². The largest absolute Gasteiger partial charge is 0.342 e. The smallest absolute Gasteiger partial charge is 0.228 e. The minimum absolute atomic E-state index is 0.101. The molecule has 1 heterocycles. The molecule has 5 heteroatoms. The van der Waals surface area contributed by atoms with Crippen molar-refractivity contribution in [1.29, 1.82) is 0 Å². The molecule has 1 saturated carbocycles. The normalized spacial score (nSPS) is 24.6. The molecule has 20 heavy (non-hydrogen) atoms. The zero-order chi connectivity index (χ0) is 14.1. The van der Waals surface area contributed by atoms with Crippen LogP contribution in [0.4, 0.5) is 5.69 Å². The number of nitrogens with one attached hydrogen (secondary N) is 1. The average Bonchev–Trinajstić information content (AvgIpc) is 3.06. The van der Waals surface area contributed by atoms with E-state index in [4.69, 9.17) is 11.6 Å². The summed E-state index contributed by atoms with van der Waals surface area (Å²) in [5.41, 5.74) is 0.610. The highest BCUT2D eigenvalue weighted by molar-refractivity contribution is 6.33. The molecule has 2 aliphatic rings. The molecule has 4 nitrogen and oxygen atoms in total. The highest BCUT2D eigenvalue weighted by Gasteiger charge is 2.49. The summed E-state index contributed by atoms with van der Waals surface area (Å²) >= 11 is 6.01. The van der Waals surface area contributed by atoms with Crippen LogP contribution in [0.1, 0.15) is 19.3 Å².